The zero-order chi connectivity index (χ0) is 17.5. The Morgan fingerprint density at radius 2 is 1.65 bits per heavy atom. The van der Waals surface area contributed by atoms with E-state index in [1.165, 1.54) is 0 Å². The van der Waals surface area contributed by atoms with Crippen LogP contribution in [0, 0.1) is 5.92 Å². The van der Waals surface area contributed by atoms with Crippen molar-refractivity contribution in [2.45, 2.75) is 39.3 Å². The van der Waals surface area contributed by atoms with Crippen molar-refractivity contribution in [3.63, 3.8) is 0 Å². The Morgan fingerprint density at radius 1 is 1.09 bits per heavy atom. The van der Waals surface area contributed by atoms with Crippen molar-refractivity contribution < 1.29 is 22.8 Å². The molecule has 0 aliphatic heterocycles. The molecule has 0 heterocycles. The molecule has 2 amide bonds. The van der Waals surface area contributed by atoms with Gasteiger partial charge in [-0.05, 0) is 30.5 Å². The minimum atomic E-state index is -4.42. The molecular weight excluding hydrogens is 309 g/mol. The third-order valence-electron chi connectivity index (χ3n) is 3.43. The van der Waals surface area contributed by atoms with Gasteiger partial charge in [-0.3, -0.25) is 9.59 Å². The van der Waals surface area contributed by atoms with Gasteiger partial charge in [-0.1, -0.05) is 26.0 Å². The fraction of sp³-hybridized carbons (Fsp3) is 0.500. The van der Waals surface area contributed by atoms with Crippen LogP contribution in [0.15, 0.2) is 24.3 Å². The summed E-state index contributed by atoms with van der Waals surface area (Å²) in [6, 6.07) is 6.48. The lowest BCUT2D eigenvalue weighted by atomic mass is 10.0. The van der Waals surface area contributed by atoms with E-state index in [1.807, 2.05) is 19.2 Å². The largest absolute Gasteiger partial charge is 0.405 e. The minimum Gasteiger partial charge on any atom is -0.347 e. The molecule has 0 aromatic heterocycles. The third kappa shape index (κ3) is 7.17. The third-order valence-corrected chi connectivity index (χ3v) is 3.43. The van der Waals surface area contributed by atoms with E-state index < -0.39 is 18.6 Å². The van der Waals surface area contributed by atoms with Gasteiger partial charge in [0.15, 0.2) is 0 Å². The predicted octanol–water partition coefficient (Wildman–Crippen LogP) is 3.28. The topological polar surface area (TPSA) is 58.2 Å². The second-order valence-corrected chi connectivity index (χ2v) is 5.27. The van der Waals surface area contributed by atoms with Crippen molar-refractivity contribution >= 4 is 17.5 Å². The Morgan fingerprint density at radius 3 is 2.13 bits per heavy atom. The van der Waals surface area contributed by atoms with E-state index in [0.717, 1.165) is 12.8 Å². The van der Waals surface area contributed by atoms with Crippen molar-refractivity contribution in [2.24, 2.45) is 5.92 Å². The van der Waals surface area contributed by atoms with Gasteiger partial charge in [-0.25, -0.2) is 0 Å². The van der Waals surface area contributed by atoms with Gasteiger partial charge in [0.25, 0.3) is 0 Å². The average Bonchev–Trinajstić information content (AvgIpc) is 2.48. The van der Waals surface area contributed by atoms with Crippen molar-refractivity contribution in [3.05, 3.63) is 29.8 Å². The normalized spacial score (nSPS) is 11.4. The highest BCUT2D eigenvalue weighted by atomic mass is 19.4. The molecule has 0 bridgehead atoms. The van der Waals surface area contributed by atoms with Gasteiger partial charge >= 0.3 is 6.18 Å². The van der Waals surface area contributed by atoms with Gasteiger partial charge in [0.05, 0.1) is 6.42 Å². The van der Waals surface area contributed by atoms with E-state index in [2.05, 4.69) is 5.32 Å². The van der Waals surface area contributed by atoms with E-state index in [1.54, 1.807) is 24.3 Å². The van der Waals surface area contributed by atoms with Crippen LogP contribution in [0.5, 0.6) is 0 Å². The SMILES string of the molecule is CCC(CC)C(=O)Nc1ccc(CC(=O)NCC(F)(F)F)cc1. The molecular formula is C16H21F3N2O2. The maximum absolute atomic E-state index is 12.0. The molecule has 1 aromatic carbocycles. The van der Waals surface area contributed by atoms with E-state index in [4.69, 9.17) is 0 Å². The molecule has 1 rings (SSSR count). The number of hydrogen-bond acceptors (Lipinski definition) is 2. The lowest BCUT2D eigenvalue weighted by Gasteiger charge is -2.13. The summed E-state index contributed by atoms with van der Waals surface area (Å²) in [7, 11) is 0. The van der Waals surface area contributed by atoms with E-state index >= 15 is 0 Å². The van der Waals surface area contributed by atoms with Gasteiger partial charge in [0.1, 0.15) is 6.54 Å². The molecule has 128 valence electrons. The summed E-state index contributed by atoms with van der Waals surface area (Å²) in [5.74, 6) is -0.815. The van der Waals surface area contributed by atoms with Crippen LogP contribution < -0.4 is 10.6 Å². The molecule has 0 aliphatic carbocycles. The Balaban J connectivity index is 2.53. The van der Waals surface area contributed by atoms with Crippen molar-refractivity contribution in [1.29, 1.82) is 0 Å². The standard InChI is InChI=1S/C16H21F3N2O2/c1-3-12(4-2)15(23)21-13-7-5-11(6-8-13)9-14(22)20-10-16(17,18)19/h5-8,12H,3-4,9-10H2,1-2H3,(H,20,22)(H,21,23). The molecule has 0 saturated heterocycles. The van der Waals surface area contributed by atoms with Crippen LogP contribution in [0.3, 0.4) is 0 Å². The van der Waals surface area contributed by atoms with Crippen LogP contribution >= 0.6 is 0 Å². The molecule has 0 atom stereocenters. The van der Waals surface area contributed by atoms with Crippen LogP contribution in [0.2, 0.25) is 0 Å². The summed E-state index contributed by atoms with van der Waals surface area (Å²) in [4.78, 5) is 23.3. The lowest BCUT2D eigenvalue weighted by molar-refractivity contribution is -0.138. The Hall–Kier alpha value is -2.05. The number of alkyl halides is 3. The highest BCUT2D eigenvalue weighted by Gasteiger charge is 2.27. The fourth-order valence-corrected chi connectivity index (χ4v) is 2.06. The molecule has 0 fully saturated rings. The molecule has 4 nitrogen and oxygen atoms in total. The van der Waals surface area contributed by atoms with E-state index in [0.29, 0.717) is 11.3 Å². The predicted molar refractivity (Wildman–Crippen MR) is 81.9 cm³/mol. The smallest absolute Gasteiger partial charge is 0.347 e. The van der Waals surface area contributed by atoms with Crippen LogP contribution in [0.4, 0.5) is 18.9 Å². The van der Waals surface area contributed by atoms with Crippen molar-refractivity contribution in [3.8, 4) is 0 Å². The first kappa shape index (κ1) is 19.0. The second-order valence-electron chi connectivity index (χ2n) is 5.27. The first-order valence-electron chi connectivity index (χ1n) is 7.48. The number of amides is 2. The summed E-state index contributed by atoms with van der Waals surface area (Å²) in [6.45, 7) is 2.54. The summed E-state index contributed by atoms with van der Waals surface area (Å²) in [5, 5.41) is 4.60. The average molecular weight is 330 g/mol. The van der Waals surface area contributed by atoms with Gasteiger partial charge in [-0.15, -0.1) is 0 Å². The Labute approximate surface area is 133 Å². The number of benzene rings is 1. The van der Waals surface area contributed by atoms with Crippen LogP contribution in [-0.2, 0) is 16.0 Å². The van der Waals surface area contributed by atoms with Gasteiger partial charge < -0.3 is 10.6 Å². The monoisotopic (exact) mass is 330 g/mol. The zero-order valence-electron chi connectivity index (χ0n) is 13.2. The molecule has 1 aromatic rings. The van der Waals surface area contributed by atoms with E-state index in [-0.39, 0.29) is 18.2 Å². The number of nitrogens with one attached hydrogen (secondary N) is 2. The number of hydrogen-bond donors (Lipinski definition) is 2. The van der Waals surface area contributed by atoms with Crippen LogP contribution in [0.1, 0.15) is 32.3 Å². The molecule has 0 aliphatic rings. The second kappa shape index (κ2) is 8.55. The maximum atomic E-state index is 12.0. The number of anilines is 1. The van der Waals surface area contributed by atoms with Gasteiger partial charge in [0.2, 0.25) is 11.8 Å². The Kier molecular flexibility index (Phi) is 7.06. The number of carbonyl (C=O) groups excluding carboxylic acids is 2. The minimum absolute atomic E-state index is 0.0529. The molecule has 0 spiro atoms. The van der Waals surface area contributed by atoms with Crippen LogP contribution in [0.25, 0.3) is 0 Å². The van der Waals surface area contributed by atoms with Gasteiger partial charge in [0, 0.05) is 11.6 Å². The molecule has 7 heteroatoms. The molecule has 23 heavy (non-hydrogen) atoms. The number of carbonyl (C=O) groups is 2. The summed E-state index contributed by atoms with van der Waals surface area (Å²) in [5.41, 5.74) is 1.17. The Bertz CT molecular complexity index is 523. The zero-order valence-corrected chi connectivity index (χ0v) is 13.2. The highest BCUT2D eigenvalue weighted by Crippen LogP contribution is 2.15. The maximum Gasteiger partial charge on any atom is 0.405 e. The highest BCUT2D eigenvalue weighted by molar-refractivity contribution is 5.92. The van der Waals surface area contributed by atoms with Crippen molar-refractivity contribution in [1.82, 2.24) is 5.32 Å². The molecule has 0 saturated carbocycles. The molecule has 2 N–H and O–H groups in total. The number of halogens is 3. The van der Waals surface area contributed by atoms with Crippen LogP contribution in [-0.4, -0.2) is 24.5 Å². The first-order chi connectivity index (χ1) is 10.7. The number of rotatable bonds is 7. The molecule has 0 radical (unpaired) electrons. The summed E-state index contributed by atoms with van der Waals surface area (Å²) < 4.78 is 36.0. The van der Waals surface area contributed by atoms with Crippen molar-refractivity contribution in [2.75, 3.05) is 11.9 Å². The first-order valence-corrected chi connectivity index (χ1v) is 7.48. The summed E-state index contributed by atoms with van der Waals surface area (Å²) >= 11 is 0. The fourth-order valence-electron chi connectivity index (χ4n) is 2.06. The lowest BCUT2D eigenvalue weighted by Crippen LogP contribution is -2.34. The van der Waals surface area contributed by atoms with E-state index in [9.17, 15) is 22.8 Å². The quantitative estimate of drug-likeness (QED) is 0.806. The molecule has 0 unspecified atom stereocenters. The summed E-state index contributed by atoms with van der Waals surface area (Å²) in [6.07, 6.45) is -3.06. The van der Waals surface area contributed by atoms with Gasteiger partial charge in [-0.2, -0.15) is 13.2 Å².